The molecule has 0 saturated heterocycles. The second-order valence-corrected chi connectivity index (χ2v) is 5.44. The van der Waals surface area contributed by atoms with Gasteiger partial charge in [0.1, 0.15) is 0 Å². The first-order valence-electron chi connectivity index (χ1n) is 4.52. The molecule has 1 atom stereocenters. The number of hydrogen-bond donors (Lipinski definition) is 0. The number of thioether (sulfide) groups is 1. The fraction of sp³-hybridized carbons (Fsp3) is 0.364. The molecule has 1 unspecified atom stereocenters. The molecule has 1 aromatic carbocycles. The van der Waals surface area contributed by atoms with Crippen molar-refractivity contribution >= 4 is 32.8 Å². The third-order valence-electron chi connectivity index (χ3n) is 1.77. The van der Waals surface area contributed by atoms with Gasteiger partial charge in [-0.3, -0.25) is 4.79 Å². The molecule has 0 radical (unpaired) electrons. The molecule has 0 aromatic heterocycles. The summed E-state index contributed by atoms with van der Waals surface area (Å²) in [6, 6.07) is 9.72. The SMILES string of the molecule is CC(C)C(Br)C(=O)Sc1ccccc1. The molecular weight excluding hydrogens is 260 g/mol. The van der Waals surface area contributed by atoms with E-state index in [1.54, 1.807) is 0 Å². The standard InChI is InChI=1S/C11H13BrOS/c1-8(2)10(12)11(13)14-9-6-4-3-5-7-9/h3-8,10H,1-2H3. The first-order valence-corrected chi connectivity index (χ1v) is 6.25. The van der Waals surface area contributed by atoms with Gasteiger partial charge in [-0.1, -0.05) is 59.7 Å². The molecule has 0 aliphatic carbocycles. The first kappa shape index (κ1) is 11.8. The van der Waals surface area contributed by atoms with Crippen molar-refractivity contribution in [2.24, 2.45) is 5.92 Å². The summed E-state index contributed by atoms with van der Waals surface area (Å²) in [6.45, 7) is 4.06. The van der Waals surface area contributed by atoms with Gasteiger partial charge < -0.3 is 0 Å². The van der Waals surface area contributed by atoms with Crippen molar-refractivity contribution in [2.75, 3.05) is 0 Å². The van der Waals surface area contributed by atoms with E-state index < -0.39 is 0 Å². The minimum atomic E-state index is -0.0623. The monoisotopic (exact) mass is 272 g/mol. The van der Waals surface area contributed by atoms with Crippen molar-refractivity contribution < 1.29 is 4.79 Å². The average molecular weight is 273 g/mol. The van der Waals surface area contributed by atoms with Crippen LogP contribution in [0.4, 0.5) is 0 Å². The van der Waals surface area contributed by atoms with Gasteiger partial charge >= 0.3 is 0 Å². The number of hydrogen-bond acceptors (Lipinski definition) is 2. The van der Waals surface area contributed by atoms with Crippen molar-refractivity contribution in [1.82, 2.24) is 0 Å². The fourth-order valence-corrected chi connectivity index (χ4v) is 2.12. The lowest BCUT2D eigenvalue weighted by Gasteiger charge is -2.11. The van der Waals surface area contributed by atoms with E-state index in [1.807, 2.05) is 44.2 Å². The highest BCUT2D eigenvalue weighted by atomic mass is 79.9. The fourth-order valence-electron chi connectivity index (χ4n) is 0.933. The third kappa shape index (κ3) is 3.46. The van der Waals surface area contributed by atoms with Crippen molar-refractivity contribution in [2.45, 2.75) is 23.6 Å². The molecule has 0 amide bonds. The molecule has 76 valence electrons. The molecule has 0 saturated carbocycles. The molecule has 1 nitrogen and oxygen atoms in total. The second-order valence-electron chi connectivity index (χ2n) is 3.38. The van der Waals surface area contributed by atoms with Crippen LogP contribution in [0.15, 0.2) is 35.2 Å². The van der Waals surface area contributed by atoms with Crippen LogP contribution in [0.5, 0.6) is 0 Å². The maximum absolute atomic E-state index is 11.7. The normalized spacial score (nSPS) is 12.9. The van der Waals surface area contributed by atoms with Gasteiger partial charge in [-0.05, 0) is 18.1 Å². The van der Waals surface area contributed by atoms with Gasteiger partial charge in [0.25, 0.3) is 0 Å². The highest BCUT2D eigenvalue weighted by molar-refractivity contribution is 9.10. The van der Waals surface area contributed by atoms with Crippen LogP contribution in [-0.2, 0) is 4.79 Å². The van der Waals surface area contributed by atoms with E-state index in [9.17, 15) is 4.79 Å². The van der Waals surface area contributed by atoms with Crippen LogP contribution >= 0.6 is 27.7 Å². The number of alkyl halides is 1. The van der Waals surface area contributed by atoms with Gasteiger partial charge in [0.2, 0.25) is 5.12 Å². The van der Waals surface area contributed by atoms with Crippen LogP contribution in [0.1, 0.15) is 13.8 Å². The molecule has 0 aliphatic rings. The second kappa shape index (κ2) is 5.56. The first-order chi connectivity index (χ1) is 6.61. The van der Waals surface area contributed by atoms with Crippen LogP contribution in [0.3, 0.4) is 0 Å². The Hall–Kier alpha value is -0.280. The van der Waals surface area contributed by atoms with Crippen LogP contribution in [0.25, 0.3) is 0 Å². The lowest BCUT2D eigenvalue weighted by Crippen LogP contribution is -2.16. The zero-order chi connectivity index (χ0) is 10.6. The van der Waals surface area contributed by atoms with E-state index in [2.05, 4.69) is 15.9 Å². The van der Waals surface area contributed by atoms with E-state index >= 15 is 0 Å². The van der Waals surface area contributed by atoms with Crippen molar-refractivity contribution in [3.8, 4) is 0 Å². The molecule has 14 heavy (non-hydrogen) atoms. The van der Waals surface area contributed by atoms with Gasteiger partial charge in [-0.2, -0.15) is 0 Å². The van der Waals surface area contributed by atoms with Crippen molar-refractivity contribution in [3.05, 3.63) is 30.3 Å². The third-order valence-corrected chi connectivity index (χ3v) is 4.51. The summed E-state index contributed by atoms with van der Waals surface area (Å²) in [7, 11) is 0. The number of benzene rings is 1. The number of rotatable bonds is 3. The van der Waals surface area contributed by atoms with Crippen molar-refractivity contribution in [1.29, 1.82) is 0 Å². The minimum Gasteiger partial charge on any atom is -0.286 e. The Morgan fingerprint density at radius 1 is 1.29 bits per heavy atom. The van der Waals surface area contributed by atoms with Crippen molar-refractivity contribution in [3.63, 3.8) is 0 Å². The zero-order valence-electron chi connectivity index (χ0n) is 8.24. The summed E-state index contributed by atoms with van der Waals surface area (Å²) in [5, 5.41) is 0.172. The molecule has 0 aliphatic heterocycles. The molecular formula is C11H13BrOS. The number of carbonyl (C=O) groups excluding carboxylic acids is 1. The van der Waals surface area contributed by atoms with Crippen LogP contribution in [-0.4, -0.2) is 9.94 Å². The molecule has 0 bridgehead atoms. The summed E-state index contributed by atoms with van der Waals surface area (Å²) in [4.78, 5) is 12.6. The van der Waals surface area contributed by atoms with E-state index in [-0.39, 0.29) is 9.94 Å². The van der Waals surface area contributed by atoms with E-state index in [0.717, 1.165) is 4.90 Å². The molecule has 0 spiro atoms. The van der Waals surface area contributed by atoms with Gasteiger partial charge in [0, 0.05) is 4.90 Å². The van der Waals surface area contributed by atoms with Crippen LogP contribution in [0.2, 0.25) is 0 Å². The Labute approximate surface area is 97.4 Å². The zero-order valence-corrected chi connectivity index (χ0v) is 10.6. The lowest BCUT2D eigenvalue weighted by atomic mass is 10.1. The Balaban J connectivity index is 2.58. The summed E-state index contributed by atoms with van der Waals surface area (Å²) >= 11 is 4.69. The summed E-state index contributed by atoms with van der Waals surface area (Å²) < 4.78 is 0. The highest BCUT2D eigenvalue weighted by Crippen LogP contribution is 2.25. The number of halogens is 1. The maximum Gasteiger partial charge on any atom is 0.207 e. The quantitative estimate of drug-likeness (QED) is 0.616. The summed E-state index contributed by atoms with van der Waals surface area (Å²) in [5.41, 5.74) is 0. The predicted molar refractivity (Wildman–Crippen MR) is 64.9 cm³/mol. The van der Waals surface area contributed by atoms with Gasteiger partial charge in [-0.25, -0.2) is 0 Å². The molecule has 0 heterocycles. The largest absolute Gasteiger partial charge is 0.286 e. The molecule has 1 rings (SSSR count). The smallest absolute Gasteiger partial charge is 0.207 e. The van der Waals surface area contributed by atoms with Gasteiger partial charge in [0.15, 0.2) is 0 Å². The lowest BCUT2D eigenvalue weighted by molar-refractivity contribution is -0.110. The molecule has 0 N–H and O–H groups in total. The van der Waals surface area contributed by atoms with Crippen LogP contribution in [0, 0.1) is 5.92 Å². The highest BCUT2D eigenvalue weighted by Gasteiger charge is 2.19. The Kier molecular flexibility index (Phi) is 4.69. The van der Waals surface area contributed by atoms with E-state index in [1.165, 1.54) is 11.8 Å². The topological polar surface area (TPSA) is 17.1 Å². The molecule has 0 fully saturated rings. The Bertz CT molecular complexity index is 297. The Morgan fingerprint density at radius 3 is 2.36 bits per heavy atom. The molecule has 1 aromatic rings. The summed E-state index contributed by atoms with van der Waals surface area (Å²) in [6.07, 6.45) is 0. The summed E-state index contributed by atoms with van der Waals surface area (Å²) in [5.74, 6) is 0.332. The number of carbonyl (C=O) groups is 1. The van der Waals surface area contributed by atoms with Gasteiger partial charge in [-0.15, -0.1) is 0 Å². The average Bonchev–Trinajstić information content (AvgIpc) is 2.18. The van der Waals surface area contributed by atoms with E-state index in [4.69, 9.17) is 0 Å². The Morgan fingerprint density at radius 2 is 1.86 bits per heavy atom. The molecule has 3 heteroatoms. The predicted octanol–water partition coefficient (Wildman–Crippen LogP) is 3.72. The maximum atomic E-state index is 11.7. The minimum absolute atomic E-state index is 0.0623. The van der Waals surface area contributed by atoms with Crippen LogP contribution < -0.4 is 0 Å². The van der Waals surface area contributed by atoms with E-state index in [0.29, 0.717) is 5.92 Å². The van der Waals surface area contributed by atoms with Gasteiger partial charge in [0.05, 0.1) is 4.83 Å².